The molecule has 0 aromatic carbocycles. The van der Waals surface area contributed by atoms with Crippen molar-refractivity contribution < 1.29 is 23.1 Å². The molecule has 43 heavy (non-hydrogen) atoms. The molecule has 0 radical (unpaired) electrons. The van der Waals surface area contributed by atoms with Crippen molar-refractivity contribution in [2.24, 2.45) is 34.8 Å². The van der Waals surface area contributed by atoms with Crippen LogP contribution in [-0.4, -0.2) is 80.9 Å². The molecular formula is C29H42N6O7S. The van der Waals surface area contributed by atoms with Crippen molar-refractivity contribution in [1.29, 1.82) is 5.41 Å². The van der Waals surface area contributed by atoms with Crippen LogP contribution < -0.4 is 17.0 Å². The summed E-state index contributed by atoms with van der Waals surface area (Å²) >= 11 is 0. The van der Waals surface area contributed by atoms with Crippen molar-refractivity contribution in [3.8, 4) is 5.88 Å². The summed E-state index contributed by atoms with van der Waals surface area (Å²) in [5, 5.41) is 18.7. The van der Waals surface area contributed by atoms with E-state index in [-0.39, 0.29) is 64.6 Å². The third kappa shape index (κ3) is 4.80. The second-order valence-corrected chi connectivity index (χ2v) is 16.4. The van der Waals surface area contributed by atoms with Gasteiger partial charge in [-0.3, -0.25) is 29.0 Å². The molecule has 1 aromatic heterocycles. The molecular weight excluding hydrogens is 576 g/mol. The molecule has 3 saturated carbocycles. The number of hydrogen-bond donors (Lipinski definition) is 3. The summed E-state index contributed by atoms with van der Waals surface area (Å²) in [7, 11) is -1.54. The molecule has 4 N–H and O–H groups in total. The number of nitrogens with one attached hydrogen (secondary N) is 1. The molecule has 2 unspecified atom stereocenters. The van der Waals surface area contributed by atoms with E-state index in [0.29, 0.717) is 38.6 Å². The molecule has 6 rings (SSSR count). The zero-order chi connectivity index (χ0) is 31.2. The van der Waals surface area contributed by atoms with E-state index in [2.05, 4.69) is 6.92 Å². The van der Waals surface area contributed by atoms with Gasteiger partial charge in [0.1, 0.15) is 16.9 Å². The summed E-state index contributed by atoms with van der Waals surface area (Å²) in [6, 6.07) is -0.822. The van der Waals surface area contributed by atoms with Gasteiger partial charge in [-0.1, -0.05) is 13.3 Å². The number of aromatic hydroxyl groups is 1. The monoisotopic (exact) mass is 618 g/mol. The van der Waals surface area contributed by atoms with Gasteiger partial charge in [-0.25, -0.2) is 18.0 Å². The highest BCUT2D eigenvalue weighted by Gasteiger charge is 2.63. The number of carbonyl (C=O) groups is 2. The smallest absolute Gasteiger partial charge is 0.334 e. The van der Waals surface area contributed by atoms with Gasteiger partial charge >= 0.3 is 11.7 Å². The third-order valence-electron chi connectivity index (χ3n) is 11.3. The van der Waals surface area contributed by atoms with Crippen LogP contribution in [0, 0.1) is 34.5 Å². The lowest BCUT2D eigenvalue weighted by Crippen LogP contribution is -2.52. The van der Waals surface area contributed by atoms with Crippen molar-refractivity contribution in [1.82, 2.24) is 18.9 Å². The fourth-order valence-electron chi connectivity index (χ4n) is 8.44. The van der Waals surface area contributed by atoms with Crippen LogP contribution in [0.5, 0.6) is 5.88 Å². The van der Waals surface area contributed by atoms with Gasteiger partial charge in [0.05, 0.1) is 11.5 Å². The highest BCUT2D eigenvalue weighted by atomic mass is 32.2. The number of amidine groups is 1. The summed E-state index contributed by atoms with van der Waals surface area (Å²) in [5.74, 6) is -0.729. The van der Waals surface area contributed by atoms with Crippen molar-refractivity contribution in [2.45, 2.75) is 83.3 Å². The molecule has 0 bridgehead atoms. The topological polar surface area (TPSA) is 189 Å². The van der Waals surface area contributed by atoms with Crippen molar-refractivity contribution in [3.05, 3.63) is 26.4 Å². The Morgan fingerprint density at radius 3 is 2.16 bits per heavy atom. The minimum atomic E-state index is -3.02. The van der Waals surface area contributed by atoms with E-state index >= 15 is 0 Å². The average Bonchev–Trinajstić information content (AvgIpc) is 3.32. The van der Waals surface area contributed by atoms with Crippen LogP contribution >= 0.6 is 0 Å². The maximum Gasteiger partial charge on any atom is 0.334 e. The molecule has 14 heteroatoms. The zero-order valence-electron chi connectivity index (χ0n) is 25.0. The Morgan fingerprint density at radius 2 is 1.63 bits per heavy atom. The van der Waals surface area contributed by atoms with E-state index < -0.39 is 44.4 Å². The number of hydrogen-bond acceptors (Lipinski definition) is 8. The van der Waals surface area contributed by atoms with Crippen LogP contribution in [0.15, 0.2) is 9.59 Å². The summed E-state index contributed by atoms with van der Waals surface area (Å²) < 4.78 is 26.3. The van der Waals surface area contributed by atoms with Gasteiger partial charge in [0.2, 0.25) is 5.88 Å². The molecule has 1 aromatic rings. The number of imide groups is 1. The first-order chi connectivity index (χ1) is 20.1. The van der Waals surface area contributed by atoms with E-state index in [0.717, 1.165) is 28.7 Å². The first-order valence-electron chi connectivity index (χ1n) is 15.3. The Labute approximate surface area is 250 Å². The zero-order valence-corrected chi connectivity index (χ0v) is 25.9. The Hall–Kier alpha value is -3.16. The molecule has 2 saturated heterocycles. The van der Waals surface area contributed by atoms with Crippen LogP contribution in [-0.2, 0) is 21.2 Å². The number of nitrogens with zero attached hydrogens (tertiary/aromatic N) is 4. The second kappa shape index (κ2) is 9.93. The Bertz CT molecular complexity index is 1600. The van der Waals surface area contributed by atoms with Crippen molar-refractivity contribution in [3.63, 3.8) is 0 Å². The predicted molar refractivity (Wildman–Crippen MR) is 158 cm³/mol. The first-order valence-corrected chi connectivity index (χ1v) is 17.1. The lowest BCUT2D eigenvalue weighted by Gasteiger charge is -2.44. The number of nitrogens with two attached hydrogens (primary N) is 1. The van der Waals surface area contributed by atoms with Gasteiger partial charge in [0.15, 0.2) is 9.84 Å². The number of likely N-dealkylation sites (N-methyl/N-ethyl adjacent to an activating group) is 1. The maximum absolute atomic E-state index is 13.6. The third-order valence-corrected chi connectivity index (χ3v) is 13.0. The number of carbonyl (C=O) groups excluding carboxylic acids is 2. The molecule has 5 aliphatic rings. The minimum Gasteiger partial charge on any atom is -0.494 e. The number of fused-ring (bicyclic) bond motifs is 1. The first kappa shape index (κ1) is 29.9. The predicted octanol–water partition coefficient (Wildman–Crippen LogP) is 1.25. The van der Waals surface area contributed by atoms with E-state index in [4.69, 9.17) is 11.1 Å². The highest BCUT2D eigenvalue weighted by Crippen LogP contribution is 2.55. The number of nitrogen functional groups attached to an aromatic ring is 1. The van der Waals surface area contributed by atoms with Gasteiger partial charge in [-0.15, -0.1) is 0 Å². The minimum absolute atomic E-state index is 0.0472. The van der Waals surface area contributed by atoms with E-state index in [1.165, 1.54) is 11.6 Å². The SMILES string of the molecule is CN1C(=O)N(CC2[C@H]3CS(=O)(=O)C[C@@H]23)C(C)(CC2(C)CCC(n3c(=O)c(C(=N)N)c(O)n(CC4CCC4)c3=O)CC2)C1=O. The van der Waals surface area contributed by atoms with Crippen LogP contribution in [0.3, 0.4) is 0 Å². The van der Waals surface area contributed by atoms with Gasteiger partial charge in [-0.05, 0) is 81.0 Å². The molecule has 3 heterocycles. The normalized spacial score (nSPS) is 35.2. The summed E-state index contributed by atoms with van der Waals surface area (Å²) in [6.07, 6.45) is 5.41. The molecule has 236 valence electrons. The summed E-state index contributed by atoms with van der Waals surface area (Å²) in [4.78, 5) is 56.5. The van der Waals surface area contributed by atoms with E-state index in [9.17, 15) is 32.7 Å². The van der Waals surface area contributed by atoms with E-state index in [1.807, 2.05) is 0 Å². The number of aromatic nitrogens is 2. The molecule has 13 nitrogen and oxygen atoms in total. The summed E-state index contributed by atoms with van der Waals surface area (Å²) in [6.45, 7) is 4.48. The van der Waals surface area contributed by atoms with Crippen LogP contribution in [0.4, 0.5) is 4.79 Å². The Morgan fingerprint density at radius 1 is 1.02 bits per heavy atom. The summed E-state index contributed by atoms with van der Waals surface area (Å²) in [5.41, 5.74) is 2.51. The molecule has 0 spiro atoms. The van der Waals surface area contributed by atoms with Gasteiger partial charge in [-0.2, -0.15) is 0 Å². The van der Waals surface area contributed by atoms with Crippen LogP contribution in [0.2, 0.25) is 0 Å². The quantitative estimate of drug-likeness (QED) is 0.220. The largest absolute Gasteiger partial charge is 0.494 e. The number of sulfone groups is 1. The lowest BCUT2D eigenvalue weighted by molar-refractivity contribution is -0.133. The maximum atomic E-state index is 13.6. The van der Waals surface area contributed by atoms with Crippen molar-refractivity contribution >= 4 is 27.6 Å². The molecule has 3 aliphatic carbocycles. The fourth-order valence-corrected chi connectivity index (χ4v) is 10.7. The van der Waals surface area contributed by atoms with Crippen LogP contribution in [0.25, 0.3) is 0 Å². The van der Waals surface area contributed by atoms with E-state index in [1.54, 1.807) is 11.8 Å². The molecule has 2 aliphatic heterocycles. The fraction of sp³-hybridized carbons (Fsp3) is 0.759. The Balaban J connectivity index is 1.21. The Kier molecular flexibility index (Phi) is 6.90. The molecule has 3 amide bonds. The standard InChI is InChI=1S/C29H42N6O7S/c1-28(15-29(2)25(38)32(3)26(39)34(29)12-18-19-13-43(41,42)14-20(18)19)9-7-17(8-10-28)35-24(37)21(22(30)31)23(36)33(27(35)40)11-16-5-4-6-16/h16-20,36H,4-15H2,1-3H3,(H3,30,31)/t17?,18?,19-,20+,28?,29?. The molecule has 4 atom stereocenters. The average molecular weight is 619 g/mol. The number of urea groups is 1. The van der Waals surface area contributed by atoms with Crippen molar-refractivity contribution in [2.75, 3.05) is 25.1 Å². The number of amides is 3. The highest BCUT2D eigenvalue weighted by molar-refractivity contribution is 7.91. The van der Waals surface area contributed by atoms with Gasteiger partial charge < -0.3 is 15.7 Å². The lowest BCUT2D eigenvalue weighted by atomic mass is 9.67. The molecule has 5 fully saturated rings. The van der Waals surface area contributed by atoms with Crippen LogP contribution in [0.1, 0.15) is 76.8 Å². The number of rotatable bonds is 8. The van der Waals surface area contributed by atoms with Gasteiger partial charge in [0, 0.05) is 26.2 Å². The van der Waals surface area contributed by atoms with Gasteiger partial charge in [0.25, 0.3) is 11.5 Å². The second-order valence-electron chi connectivity index (χ2n) is 14.3.